The molecular weight excluding hydrogens is 222 g/mol. The third-order valence-electron chi connectivity index (χ3n) is 2.36. The summed E-state index contributed by atoms with van der Waals surface area (Å²) in [6.07, 6.45) is 0. The molecule has 0 bridgehead atoms. The Balaban J connectivity index is 2.77. The fourth-order valence-corrected chi connectivity index (χ4v) is 1.45. The molecule has 1 unspecified atom stereocenters. The molecule has 2 amide bonds. The van der Waals surface area contributed by atoms with Gasteiger partial charge in [-0.15, -0.1) is 0 Å². The number of aryl methyl sites for hydroxylation is 1. The van der Waals surface area contributed by atoms with Gasteiger partial charge < -0.3 is 16.0 Å². The van der Waals surface area contributed by atoms with Gasteiger partial charge in [0.1, 0.15) is 11.6 Å². The van der Waals surface area contributed by atoms with Gasteiger partial charge in [-0.25, -0.2) is 0 Å². The van der Waals surface area contributed by atoms with Crippen molar-refractivity contribution in [2.75, 3.05) is 19.8 Å². The SMILES string of the molecule is Cc1[nH]nc(N)c1C(=O)NC(C)C(=O)N(C)C. The first-order valence-electron chi connectivity index (χ1n) is 5.17. The van der Waals surface area contributed by atoms with Crippen LogP contribution in [-0.4, -0.2) is 47.0 Å². The number of hydrogen-bond donors (Lipinski definition) is 3. The van der Waals surface area contributed by atoms with Crippen LogP contribution in [0.15, 0.2) is 0 Å². The standard InChI is InChI=1S/C10H17N5O2/c1-5-7(8(11)14-13-5)9(16)12-6(2)10(17)15(3)4/h6H,1-4H3,(H,12,16)(H3,11,13,14). The van der Waals surface area contributed by atoms with Crippen molar-refractivity contribution in [1.29, 1.82) is 0 Å². The molecule has 0 aliphatic carbocycles. The van der Waals surface area contributed by atoms with Crippen molar-refractivity contribution < 1.29 is 9.59 Å². The van der Waals surface area contributed by atoms with Crippen molar-refractivity contribution >= 4 is 17.6 Å². The quantitative estimate of drug-likeness (QED) is 0.661. The summed E-state index contributed by atoms with van der Waals surface area (Å²) in [7, 11) is 3.25. The van der Waals surface area contributed by atoms with Crippen LogP contribution in [-0.2, 0) is 4.79 Å². The molecule has 0 saturated heterocycles. The highest BCUT2D eigenvalue weighted by Gasteiger charge is 2.21. The summed E-state index contributed by atoms with van der Waals surface area (Å²) in [4.78, 5) is 24.9. The molecule has 1 aromatic rings. The average molecular weight is 239 g/mol. The lowest BCUT2D eigenvalue weighted by Crippen LogP contribution is -2.44. The molecule has 7 heteroatoms. The molecule has 1 rings (SSSR count). The number of rotatable bonds is 3. The van der Waals surface area contributed by atoms with Crippen LogP contribution in [0.3, 0.4) is 0 Å². The minimum atomic E-state index is -0.605. The number of nitrogens with zero attached hydrogens (tertiary/aromatic N) is 2. The zero-order valence-electron chi connectivity index (χ0n) is 10.4. The fourth-order valence-electron chi connectivity index (χ4n) is 1.45. The second-order valence-electron chi connectivity index (χ2n) is 4.04. The Hall–Kier alpha value is -2.05. The Kier molecular flexibility index (Phi) is 3.72. The molecule has 0 spiro atoms. The van der Waals surface area contributed by atoms with Crippen molar-refractivity contribution in [2.24, 2.45) is 0 Å². The number of likely N-dealkylation sites (N-methyl/N-ethyl adjacent to an activating group) is 1. The van der Waals surface area contributed by atoms with Gasteiger partial charge in [0.25, 0.3) is 5.91 Å². The van der Waals surface area contributed by atoms with E-state index in [1.807, 2.05) is 0 Å². The number of anilines is 1. The van der Waals surface area contributed by atoms with Crippen LogP contribution in [0.2, 0.25) is 0 Å². The van der Waals surface area contributed by atoms with Crippen LogP contribution in [0.1, 0.15) is 23.0 Å². The summed E-state index contributed by atoms with van der Waals surface area (Å²) < 4.78 is 0. The maximum Gasteiger partial charge on any atom is 0.257 e. The summed E-state index contributed by atoms with van der Waals surface area (Å²) in [6.45, 7) is 3.31. The largest absolute Gasteiger partial charge is 0.382 e. The molecule has 0 aromatic carbocycles. The Labute approximate surface area is 99.4 Å². The highest BCUT2D eigenvalue weighted by Crippen LogP contribution is 2.11. The third kappa shape index (κ3) is 2.74. The van der Waals surface area contributed by atoms with E-state index in [1.54, 1.807) is 27.9 Å². The van der Waals surface area contributed by atoms with E-state index >= 15 is 0 Å². The molecule has 94 valence electrons. The summed E-state index contributed by atoms with van der Waals surface area (Å²) in [5.74, 6) is -0.459. The number of nitrogens with one attached hydrogen (secondary N) is 2. The Morgan fingerprint density at radius 1 is 1.47 bits per heavy atom. The summed E-state index contributed by atoms with van der Waals surface area (Å²) >= 11 is 0. The zero-order valence-corrected chi connectivity index (χ0v) is 10.4. The van der Waals surface area contributed by atoms with E-state index in [9.17, 15) is 9.59 Å². The average Bonchev–Trinajstić information content (AvgIpc) is 2.56. The summed E-state index contributed by atoms with van der Waals surface area (Å²) in [6, 6.07) is -0.605. The van der Waals surface area contributed by atoms with E-state index in [-0.39, 0.29) is 17.3 Å². The predicted molar refractivity (Wildman–Crippen MR) is 63.4 cm³/mol. The highest BCUT2D eigenvalue weighted by molar-refractivity contribution is 6.01. The van der Waals surface area contributed by atoms with Gasteiger partial charge in [-0.3, -0.25) is 14.7 Å². The first-order chi connectivity index (χ1) is 7.84. The van der Waals surface area contributed by atoms with Crippen LogP contribution < -0.4 is 11.1 Å². The molecule has 0 saturated carbocycles. The summed E-state index contributed by atoms with van der Waals surface area (Å²) in [5.41, 5.74) is 6.41. The van der Waals surface area contributed by atoms with Gasteiger partial charge in [0, 0.05) is 19.8 Å². The lowest BCUT2D eigenvalue weighted by atomic mass is 10.2. The number of nitrogen functional groups attached to an aromatic ring is 1. The van der Waals surface area contributed by atoms with Crippen molar-refractivity contribution in [1.82, 2.24) is 20.4 Å². The lowest BCUT2D eigenvalue weighted by molar-refractivity contribution is -0.130. The van der Waals surface area contributed by atoms with E-state index in [0.717, 1.165) is 0 Å². The number of amides is 2. The van der Waals surface area contributed by atoms with Gasteiger partial charge in [-0.05, 0) is 13.8 Å². The van der Waals surface area contributed by atoms with E-state index in [1.165, 1.54) is 4.90 Å². The third-order valence-corrected chi connectivity index (χ3v) is 2.36. The molecular formula is C10H17N5O2. The van der Waals surface area contributed by atoms with E-state index < -0.39 is 11.9 Å². The maximum absolute atomic E-state index is 11.9. The van der Waals surface area contributed by atoms with Crippen LogP contribution in [0.4, 0.5) is 5.82 Å². The lowest BCUT2D eigenvalue weighted by Gasteiger charge is -2.17. The smallest absolute Gasteiger partial charge is 0.257 e. The van der Waals surface area contributed by atoms with Crippen molar-refractivity contribution in [3.63, 3.8) is 0 Å². The number of H-pyrrole nitrogens is 1. The number of carbonyl (C=O) groups is 2. The first-order valence-corrected chi connectivity index (χ1v) is 5.17. The molecule has 7 nitrogen and oxygen atoms in total. The van der Waals surface area contributed by atoms with Crippen molar-refractivity contribution in [2.45, 2.75) is 19.9 Å². The zero-order chi connectivity index (χ0) is 13.2. The van der Waals surface area contributed by atoms with Crippen LogP contribution in [0, 0.1) is 6.92 Å². The molecule has 1 heterocycles. The van der Waals surface area contributed by atoms with Gasteiger partial charge >= 0.3 is 0 Å². The van der Waals surface area contributed by atoms with Crippen molar-refractivity contribution in [3.8, 4) is 0 Å². The molecule has 1 aromatic heterocycles. The minimum Gasteiger partial charge on any atom is -0.382 e. The molecule has 0 radical (unpaired) electrons. The molecule has 0 aliphatic heterocycles. The van der Waals surface area contributed by atoms with Gasteiger partial charge in [-0.2, -0.15) is 5.10 Å². The molecule has 17 heavy (non-hydrogen) atoms. The van der Waals surface area contributed by atoms with Crippen molar-refractivity contribution in [3.05, 3.63) is 11.3 Å². The molecule has 0 aliphatic rings. The summed E-state index contributed by atoms with van der Waals surface area (Å²) in [5, 5.41) is 8.91. The fraction of sp³-hybridized carbons (Fsp3) is 0.500. The first kappa shape index (κ1) is 13.0. The van der Waals surface area contributed by atoms with Gasteiger partial charge in [-0.1, -0.05) is 0 Å². The van der Waals surface area contributed by atoms with Gasteiger partial charge in [0.2, 0.25) is 5.91 Å². The maximum atomic E-state index is 11.9. The number of aromatic nitrogens is 2. The van der Waals surface area contributed by atoms with E-state index in [4.69, 9.17) is 5.73 Å². The minimum absolute atomic E-state index is 0.129. The Morgan fingerprint density at radius 2 is 2.06 bits per heavy atom. The second kappa shape index (κ2) is 4.86. The molecule has 4 N–H and O–H groups in total. The Bertz CT molecular complexity index is 418. The predicted octanol–water partition coefficient (Wildman–Crippen LogP) is -0.493. The Morgan fingerprint density at radius 3 is 2.47 bits per heavy atom. The number of nitrogens with two attached hydrogens (primary N) is 1. The van der Waals surface area contributed by atoms with Gasteiger partial charge in [0.15, 0.2) is 5.82 Å². The normalized spacial score (nSPS) is 12.0. The van der Waals surface area contributed by atoms with Gasteiger partial charge in [0.05, 0.1) is 0 Å². The second-order valence-corrected chi connectivity index (χ2v) is 4.04. The molecule has 1 atom stereocenters. The number of hydrogen-bond acceptors (Lipinski definition) is 4. The monoisotopic (exact) mass is 239 g/mol. The topological polar surface area (TPSA) is 104 Å². The van der Waals surface area contributed by atoms with Crippen LogP contribution in [0.25, 0.3) is 0 Å². The molecule has 0 fully saturated rings. The number of aromatic amines is 1. The number of carbonyl (C=O) groups excluding carboxylic acids is 2. The van der Waals surface area contributed by atoms with Crippen LogP contribution >= 0.6 is 0 Å². The highest BCUT2D eigenvalue weighted by atomic mass is 16.2. The van der Waals surface area contributed by atoms with Crippen LogP contribution in [0.5, 0.6) is 0 Å². The van der Waals surface area contributed by atoms with E-state index in [2.05, 4.69) is 15.5 Å². The van der Waals surface area contributed by atoms with E-state index in [0.29, 0.717) is 5.69 Å².